The van der Waals surface area contributed by atoms with Crippen LogP contribution in [0.15, 0.2) is 54.9 Å². The van der Waals surface area contributed by atoms with Gasteiger partial charge in [-0.2, -0.15) is 18.3 Å². The van der Waals surface area contributed by atoms with Gasteiger partial charge in [0.05, 0.1) is 23.0 Å². The third-order valence-electron chi connectivity index (χ3n) is 3.14. The molecule has 0 fully saturated rings. The molecule has 3 aromatic rings. The van der Waals surface area contributed by atoms with Crippen LogP contribution in [-0.2, 0) is 6.18 Å². The number of hydrogen-bond donors (Lipinski definition) is 0. The highest BCUT2D eigenvalue weighted by Crippen LogP contribution is 2.30. The van der Waals surface area contributed by atoms with Gasteiger partial charge < -0.3 is 0 Å². The predicted molar refractivity (Wildman–Crippen MR) is 83.8 cm³/mol. The number of pyridine rings is 1. The molecule has 7 heteroatoms. The standard InChI is InChI=1S/C17H9ClF3N3/c18-16-12(4-7-14-3-1-2-10-22-14)11-23-24(16)15-8-5-13(6-9-15)17(19,20)21/h1-3,5-6,8-11H. The minimum absolute atomic E-state index is 0.221. The van der Waals surface area contributed by atoms with Crippen molar-refractivity contribution in [2.24, 2.45) is 0 Å². The topological polar surface area (TPSA) is 30.7 Å². The third kappa shape index (κ3) is 3.42. The fourth-order valence-electron chi connectivity index (χ4n) is 1.96. The van der Waals surface area contributed by atoms with Crippen molar-refractivity contribution in [2.45, 2.75) is 6.18 Å². The highest BCUT2D eigenvalue weighted by Gasteiger charge is 2.30. The summed E-state index contributed by atoms with van der Waals surface area (Å²) in [6, 6.07) is 9.90. The van der Waals surface area contributed by atoms with E-state index < -0.39 is 11.7 Å². The second-order valence-corrected chi connectivity index (χ2v) is 5.13. The summed E-state index contributed by atoms with van der Waals surface area (Å²) in [4.78, 5) is 4.07. The first-order chi connectivity index (χ1) is 11.4. The first-order valence-corrected chi connectivity index (χ1v) is 7.17. The van der Waals surface area contributed by atoms with Crippen LogP contribution in [0.5, 0.6) is 0 Å². The summed E-state index contributed by atoms with van der Waals surface area (Å²) in [5, 5.41) is 4.29. The van der Waals surface area contributed by atoms with Gasteiger partial charge in [-0.3, -0.25) is 0 Å². The first kappa shape index (κ1) is 16.1. The molecule has 0 aliphatic heterocycles. The van der Waals surface area contributed by atoms with E-state index in [1.54, 1.807) is 18.3 Å². The number of alkyl halides is 3. The minimum atomic E-state index is -4.38. The zero-order valence-corrected chi connectivity index (χ0v) is 12.8. The van der Waals surface area contributed by atoms with Gasteiger partial charge in [-0.1, -0.05) is 23.6 Å². The molecule has 3 nitrogen and oxygen atoms in total. The quantitative estimate of drug-likeness (QED) is 0.613. The lowest BCUT2D eigenvalue weighted by Crippen LogP contribution is -2.05. The number of halogens is 4. The molecule has 0 amide bonds. The van der Waals surface area contributed by atoms with Crippen LogP contribution in [0.3, 0.4) is 0 Å². The molecule has 0 radical (unpaired) electrons. The molecular formula is C17H9ClF3N3. The molecule has 0 saturated carbocycles. The van der Waals surface area contributed by atoms with E-state index in [-0.39, 0.29) is 5.15 Å². The lowest BCUT2D eigenvalue weighted by molar-refractivity contribution is -0.137. The van der Waals surface area contributed by atoms with E-state index in [2.05, 4.69) is 21.9 Å². The van der Waals surface area contributed by atoms with E-state index in [1.165, 1.54) is 23.0 Å². The molecular weight excluding hydrogens is 339 g/mol. The molecule has 3 rings (SSSR count). The average molecular weight is 348 g/mol. The van der Waals surface area contributed by atoms with Crippen molar-refractivity contribution in [3.05, 3.63) is 76.8 Å². The van der Waals surface area contributed by atoms with Crippen molar-refractivity contribution in [1.82, 2.24) is 14.8 Å². The van der Waals surface area contributed by atoms with Crippen LogP contribution >= 0.6 is 11.6 Å². The summed E-state index contributed by atoms with van der Waals surface area (Å²) in [6.45, 7) is 0. The fourth-order valence-corrected chi connectivity index (χ4v) is 2.19. The molecule has 0 aliphatic carbocycles. The summed E-state index contributed by atoms with van der Waals surface area (Å²) in [6.07, 6.45) is -1.31. The van der Waals surface area contributed by atoms with E-state index in [0.29, 0.717) is 16.9 Å². The van der Waals surface area contributed by atoms with Crippen LogP contribution < -0.4 is 0 Å². The van der Waals surface area contributed by atoms with Crippen molar-refractivity contribution in [3.63, 3.8) is 0 Å². The molecule has 24 heavy (non-hydrogen) atoms. The molecule has 0 aliphatic rings. The first-order valence-electron chi connectivity index (χ1n) is 6.79. The molecule has 120 valence electrons. The maximum atomic E-state index is 12.6. The van der Waals surface area contributed by atoms with Crippen molar-refractivity contribution in [2.75, 3.05) is 0 Å². The maximum absolute atomic E-state index is 12.6. The largest absolute Gasteiger partial charge is 0.416 e. The van der Waals surface area contributed by atoms with Crippen LogP contribution in [0, 0.1) is 11.8 Å². The fraction of sp³-hybridized carbons (Fsp3) is 0.0588. The summed E-state index contributed by atoms with van der Waals surface area (Å²) in [5.74, 6) is 5.70. The Morgan fingerprint density at radius 1 is 1.00 bits per heavy atom. The van der Waals surface area contributed by atoms with Crippen molar-refractivity contribution >= 4 is 11.6 Å². The smallest absolute Gasteiger partial charge is 0.248 e. The highest BCUT2D eigenvalue weighted by atomic mass is 35.5. The number of hydrogen-bond acceptors (Lipinski definition) is 2. The van der Waals surface area contributed by atoms with Gasteiger partial charge in [-0.15, -0.1) is 0 Å². The number of benzene rings is 1. The summed E-state index contributed by atoms with van der Waals surface area (Å²) in [7, 11) is 0. The van der Waals surface area contributed by atoms with Gasteiger partial charge in [-0.05, 0) is 42.3 Å². The predicted octanol–water partition coefficient (Wildman–Crippen LogP) is 4.34. The lowest BCUT2D eigenvalue weighted by atomic mass is 10.2. The van der Waals surface area contributed by atoms with Gasteiger partial charge in [0, 0.05) is 6.20 Å². The zero-order chi connectivity index (χ0) is 17.2. The van der Waals surface area contributed by atoms with Crippen molar-refractivity contribution in [1.29, 1.82) is 0 Å². The van der Waals surface area contributed by atoms with Gasteiger partial charge in [0.2, 0.25) is 0 Å². The second-order valence-electron chi connectivity index (χ2n) is 4.77. The Balaban J connectivity index is 1.89. The Labute approximate surface area is 140 Å². The van der Waals surface area contributed by atoms with Crippen LogP contribution in [-0.4, -0.2) is 14.8 Å². The van der Waals surface area contributed by atoms with Crippen molar-refractivity contribution in [3.8, 4) is 17.5 Å². The van der Waals surface area contributed by atoms with Gasteiger partial charge >= 0.3 is 6.18 Å². The van der Waals surface area contributed by atoms with Crippen LogP contribution in [0.25, 0.3) is 5.69 Å². The average Bonchev–Trinajstić information content (AvgIpc) is 2.94. The van der Waals surface area contributed by atoms with Gasteiger partial charge in [-0.25, -0.2) is 9.67 Å². The zero-order valence-electron chi connectivity index (χ0n) is 12.0. The van der Waals surface area contributed by atoms with Crippen LogP contribution in [0.2, 0.25) is 5.15 Å². The Bertz CT molecular complexity index is 904. The monoisotopic (exact) mass is 347 g/mol. The Morgan fingerprint density at radius 3 is 2.38 bits per heavy atom. The molecule has 2 heterocycles. The van der Waals surface area contributed by atoms with E-state index >= 15 is 0 Å². The van der Waals surface area contributed by atoms with E-state index in [1.807, 2.05) is 6.07 Å². The van der Waals surface area contributed by atoms with Gasteiger partial charge in [0.15, 0.2) is 0 Å². The van der Waals surface area contributed by atoms with E-state index in [9.17, 15) is 13.2 Å². The molecule has 0 saturated heterocycles. The molecule has 0 bridgehead atoms. The van der Waals surface area contributed by atoms with Crippen molar-refractivity contribution < 1.29 is 13.2 Å². The normalized spacial score (nSPS) is 11.0. The molecule has 1 aromatic carbocycles. The molecule has 0 atom stereocenters. The maximum Gasteiger partial charge on any atom is 0.416 e. The summed E-state index contributed by atoms with van der Waals surface area (Å²) < 4.78 is 39.1. The number of nitrogens with zero attached hydrogens (tertiary/aromatic N) is 3. The second kappa shape index (κ2) is 6.38. The third-order valence-corrected chi connectivity index (χ3v) is 3.50. The molecule has 0 unspecified atom stereocenters. The Hall–Kier alpha value is -2.78. The molecule has 0 N–H and O–H groups in total. The molecule has 2 aromatic heterocycles. The Kier molecular flexibility index (Phi) is 4.28. The number of aromatic nitrogens is 3. The minimum Gasteiger partial charge on any atom is -0.248 e. The summed E-state index contributed by atoms with van der Waals surface area (Å²) >= 11 is 6.21. The SMILES string of the molecule is FC(F)(F)c1ccc(-n2ncc(C#Cc3ccccn3)c2Cl)cc1. The van der Waals surface area contributed by atoms with E-state index in [4.69, 9.17) is 11.6 Å². The van der Waals surface area contributed by atoms with Gasteiger partial charge in [0.25, 0.3) is 0 Å². The van der Waals surface area contributed by atoms with Crippen LogP contribution in [0.1, 0.15) is 16.8 Å². The summed E-state index contributed by atoms with van der Waals surface area (Å²) in [5.41, 5.74) is 0.724. The number of rotatable bonds is 1. The molecule has 0 spiro atoms. The highest BCUT2D eigenvalue weighted by molar-refractivity contribution is 6.31. The Morgan fingerprint density at radius 2 is 1.75 bits per heavy atom. The van der Waals surface area contributed by atoms with Crippen LogP contribution in [0.4, 0.5) is 13.2 Å². The van der Waals surface area contributed by atoms with E-state index in [0.717, 1.165) is 12.1 Å². The van der Waals surface area contributed by atoms with Gasteiger partial charge in [0.1, 0.15) is 10.8 Å². The lowest BCUT2D eigenvalue weighted by Gasteiger charge is -2.08.